The fourth-order valence-electron chi connectivity index (χ4n) is 5.34. The van der Waals surface area contributed by atoms with E-state index in [0.29, 0.717) is 22.5 Å². The topological polar surface area (TPSA) is 84.0 Å². The first kappa shape index (κ1) is 24.4. The molecule has 1 saturated heterocycles. The quantitative estimate of drug-likeness (QED) is 0.469. The minimum Gasteiger partial charge on any atom is -0.443 e. The number of ether oxygens (including phenoxy) is 1. The van der Waals surface area contributed by atoms with Crippen LogP contribution in [0.25, 0.3) is 0 Å². The maximum atomic E-state index is 14.5. The van der Waals surface area contributed by atoms with Crippen LogP contribution in [0.15, 0.2) is 78.9 Å². The van der Waals surface area contributed by atoms with Crippen molar-refractivity contribution in [2.75, 3.05) is 9.80 Å². The first-order valence-corrected chi connectivity index (χ1v) is 12.2. The Morgan fingerprint density at radius 1 is 0.892 bits per heavy atom. The highest BCUT2D eigenvalue weighted by atomic mass is 16.6. The second-order valence-electron chi connectivity index (χ2n) is 10.5. The van der Waals surface area contributed by atoms with Gasteiger partial charge >= 0.3 is 6.09 Å². The van der Waals surface area contributed by atoms with E-state index in [9.17, 15) is 19.2 Å². The third-order valence-electron chi connectivity index (χ3n) is 6.88. The summed E-state index contributed by atoms with van der Waals surface area (Å²) >= 11 is 0. The van der Waals surface area contributed by atoms with Crippen LogP contribution in [0.5, 0.6) is 0 Å². The minimum absolute atomic E-state index is 0.177. The lowest BCUT2D eigenvalue weighted by Crippen LogP contribution is -2.51. The number of aryl methyl sites for hydroxylation is 1. The van der Waals surface area contributed by atoms with Crippen molar-refractivity contribution in [1.29, 1.82) is 0 Å². The van der Waals surface area contributed by atoms with Crippen LogP contribution in [-0.4, -0.2) is 29.4 Å². The van der Waals surface area contributed by atoms with Gasteiger partial charge in [0.05, 0.1) is 17.3 Å². The van der Waals surface area contributed by atoms with Crippen LogP contribution in [0.2, 0.25) is 0 Å². The largest absolute Gasteiger partial charge is 0.443 e. The normalized spacial score (nSPS) is 21.4. The van der Waals surface area contributed by atoms with Crippen LogP contribution in [0.4, 0.5) is 16.2 Å². The molecule has 7 nitrogen and oxygen atoms in total. The molecule has 1 fully saturated rings. The van der Waals surface area contributed by atoms with E-state index in [-0.39, 0.29) is 6.42 Å². The van der Waals surface area contributed by atoms with E-state index in [2.05, 4.69) is 0 Å². The van der Waals surface area contributed by atoms with Crippen LogP contribution in [0, 0.1) is 12.8 Å². The SMILES string of the molecule is Cc1ccc([C@]2([C@H]3CC(=O)N(c4ccccc4)C3=O)C(=O)N(C(=O)OC(C)(C)C)c3ccccc32)cc1. The van der Waals surface area contributed by atoms with E-state index in [1.54, 1.807) is 87.5 Å². The number of hydrogen-bond acceptors (Lipinski definition) is 5. The number of imide groups is 2. The van der Waals surface area contributed by atoms with Crippen LogP contribution >= 0.6 is 0 Å². The molecule has 4 amide bonds. The first-order chi connectivity index (χ1) is 17.6. The van der Waals surface area contributed by atoms with Crippen molar-refractivity contribution in [3.63, 3.8) is 0 Å². The van der Waals surface area contributed by atoms with Crippen molar-refractivity contribution >= 4 is 35.2 Å². The van der Waals surface area contributed by atoms with Crippen molar-refractivity contribution in [3.05, 3.63) is 95.6 Å². The Labute approximate surface area is 215 Å². The molecule has 0 aromatic heterocycles. The molecule has 0 aliphatic carbocycles. The zero-order valence-corrected chi connectivity index (χ0v) is 21.2. The molecule has 0 saturated carbocycles. The van der Waals surface area contributed by atoms with Crippen molar-refractivity contribution in [2.45, 2.75) is 45.1 Å². The molecule has 0 unspecified atom stereocenters. The summed E-state index contributed by atoms with van der Waals surface area (Å²) in [6, 6.07) is 22.9. The molecule has 3 aromatic rings. The van der Waals surface area contributed by atoms with Gasteiger partial charge in [0.2, 0.25) is 11.8 Å². The summed E-state index contributed by atoms with van der Waals surface area (Å²) in [6.45, 7) is 7.10. The summed E-state index contributed by atoms with van der Waals surface area (Å²) in [5.41, 5.74) is 0.379. The van der Waals surface area contributed by atoms with Crippen LogP contribution < -0.4 is 9.80 Å². The molecule has 2 aliphatic rings. The van der Waals surface area contributed by atoms with E-state index in [1.807, 2.05) is 19.1 Å². The highest BCUT2D eigenvalue weighted by Gasteiger charge is 2.64. The van der Waals surface area contributed by atoms with Crippen LogP contribution in [0.1, 0.15) is 43.9 Å². The molecule has 0 spiro atoms. The highest BCUT2D eigenvalue weighted by Crippen LogP contribution is 2.54. The molecule has 2 aliphatic heterocycles. The smallest absolute Gasteiger partial charge is 0.421 e. The Hall–Kier alpha value is -4.26. The molecule has 0 bridgehead atoms. The Bertz CT molecular complexity index is 1410. The molecule has 0 N–H and O–H groups in total. The number of carbonyl (C=O) groups is 4. The zero-order chi connectivity index (χ0) is 26.5. The monoisotopic (exact) mass is 496 g/mol. The minimum atomic E-state index is -1.59. The third kappa shape index (κ3) is 3.82. The van der Waals surface area contributed by atoms with Gasteiger partial charge in [-0.3, -0.25) is 19.3 Å². The van der Waals surface area contributed by atoms with Gasteiger partial charge in [0.1, 0.15) is 11.0 Å². The second kappa shape index (κ2) is 8.69. The second-order valence-corrected chi connectivity index (χ2v) is 10.5. The van der Waals surface area contributed by atoms with Gasteiger partial charge in [0, 0.05) is 6.42 Å². The molecule has 2 atom stereocenters. The van der Waals surface area contributed by atoms with Crippen LogP contribution in [0.3, 0.4) is 0 Å². The maximum absolute atomic E-state index is 14.5. The van der Waals surface area contributed by atoms with Gasteiger partial charge < -0.3 is 4.74 Å². The van der Waals surface area contributed by atoms with Gasteiger partial charge in [0.15, 0.2) is 0 Å². The average Bonchev–Trinajstić information content (AvgIpc) is 3.29. The first-order valence-electron chi connectivity index (χ1n) is 12.2. The van der Waals surface area contributed by atoms with E-state index < -0.39 is 40.7 Å². The summed E-state index contributed by atoms with van der Waals surface area (Å²) in [5, 5.41) is 0. The Kier molecular flexibility index (Phi) is 5.74. The number of rotatable bonds is 3. The summed E-state index contributed by atoms with van der Waals surface area (Å²) in [4.78, 5) is 57.4. The predicted octanol–water partition coefficient (Wildman–Crippen LogP) is 5.14. The zero-order valence-electron chi connectivity index (χ0n) is 21.2. The van der Waals surface area contributed by atoms with E-state index >= 15 is 0 Å². The van der Waals surface area contributed by atoms with E-state index in [0.717, 1.165) is 15.4 Å². The summed E-state index contributed by atoms with van der Waals surface area (Å²) < 4.78 is 5.60. The number of fused-ring (bicyclic) bond motifs is 1. The lowest BCUT2D eigenvalue weighted by molar-refractivity contribution is -0.130. The summed E-state index contributed by atoms with van der Waals surface area (Å²) in [6.07, 6.45) is -1.00. The molecule has 5 rings (SSSR count). The number of benzene rings is 3. The van der Waals surface area contributed by atoms with Crippen LogP contribution in [-0.2, 0) is 24.5 Å². The van der Waals surface area contributed by atoms with Crippen molar-refractivity contribution in [3.8, 4) is 0 Å². The number of amides is 4. The molecule has 0 radical (unpaired) electrons. The number of nitrogens with zero attached hydrogens (tertiary/aromatic N) is 2. The standard InChI is InChI=1S/C30H28N2O5/c1-19-14-16-20(17-15-19)30(23-18-25(33)31(26(23)34)21-10-6-5-7-11-21)22-12-8-9-13-24(22)32(27(30)35)28(36)37-29(2,3)4/h5-17,23H,18H2,1-4H3/t23-,30-/m0/s1. The summed E-state index contributed by atoms with van der Waals surface area (Å²) in [5.74, 6) is -2.53. The Morgan fingerprint density at radius 3 is 2.16 bits per heavy atom. The number of anilines is 2. The van der Waals surface area contributed by atoms with Crippen molar-refractivity contribution in [1.82, 2.24) is 0 Å². The third-order valence-corrected chi connectivity index (χ3v) is 6.88. The van der Waals surface area contributed by atoms with Gasteiger partial charge in [-0.1, -0.05) is 66.2 Å². The van der Waals surface area contributed by atoms with Gasteiger partial charge in [-0.2, -0.15) is 0 Å². The fourth-order valence-corrected chi connectivity index (χ4v) is 5.34. The Morgan fingerprint density at radius 2 is 1.51 bits per heavy atom. The van der Waals surface area contributed by atoms with Crippen molar-refractivity contribution < 1.29 is 23.9 Å². The average molecular weight is 497 g/mol. The van der Waals surface area contributed by atoms with Gasteiger partial charge in [-0.05, 0) is 57.0 Å². The van der Waals surface area contributed by atoms with E-state index in [4.69, 9.17) is 4.74 Å². The summed E-state index contributed by atoms with van der Waals surface area (Å²) in [7, 11) is 0. The van der Waals surface area contributed by atoms with Gasteiger partial charge in [-0.25, -0.2) is 9.69 Å². The lowest BCUT2D eigenvalue weighted by Gasteiger charge is -2.34. The molecule has 37 heavy (non-hydrogen) atoms. The molecular weight excluding hydrogens is 468 g/mol. The molecule has 3 aromatic carbocycles. The molecule has 2 heterocycles. The van der Waals surface area contributed by atoms with Crippen molar-refractivity contribution in [2.24, 2.45) is 5.92 Å². The lowest BCUT2D eigenvalue weighted by atomic mass is 9.65. The van der Waals surface area contributed by atoms with Gasteiger partial charge in [0.25, 0.3) is 5.91 Å². The highest BCUT2D eigenvalue weighted by molar-refractivity contribution is 6.28. The molecule has 7 heteroatoms. The molecule has 188 valence electrons. The van der Waals surface area contributed by atoms with Gasteiger partial charge in [-0.15, -0.1) is 0 Å². The number of para-hydroxylation sites is 2. The maximum Gasteiger partial charge on any atom is 0.421 e. The van der Waals surface area contributed by atoms with E-state index in [1.165, 1.54) is 0 Å². The fraction of sp³-hybridized carbons (Fsp3) is 0.267. The Balaban J connectivity index is 1.73. The number of hydrogen-bond donors (Lipinski definition) is 0. The predicted molar refractivity (Wildman–Crippen MR) is 139 cm³/mol. The number of carbonyl (C=O) groups excluding carboxylic acids is 4. The molecular formula is C30H28N2O5.